The average molecular weight is 313 g/mol. The molecule has 2 amide bonds. The van der Waals surface area contributed by atoms with Gasteiger partial charge in [-0.3, -0.25) is 14.4 Å². The first-order chi connectivity index (χ1) is 11.0. The third-order valence-corrected chi connectivity index (χ3v) is 4.67. The van der Waals surface area contributed by atoms with Crippen LogP contribution in [0.3, 0.4) is 0 Å². The Bertz CT molecular complexity index is 728. The molecule has 0 spiro atoms. The Kier molecular flexibility index (Phi) is 2.93. The molecule has 4 atom stereocenters. The lowest BCUT2D eigenvalue weighted by molar-refractivity contribution is -0.150. The van der Waals surface area contributed by atoms with Crippen LogP contribution >= 0.6 is 0 Å². The van der Waals surface area contributed by atoms with Crippen molar-refractivity contribution in [2.24, 2.45) is 11.8 Å². The van der Waals surface area contributed by atoms with E-state index < -0.39 is 29.5 Å². The number of rotatable bonds is 3. The minimum Gasteiger partial charge on any atom is -0.462 e. The van der Waals surface area contributed by atoms with Crippen LogP contribution in [-0.4, -0.2) is 36.1 Å². The van der Waals surface area contributed by atoms with Gasteiger partial charge < -0.3 is 9.47 Å². The van der Waals surface area contributed by atoms with Crippen molar-refractivity contribution in [1.82, 2.24) is 0 Å². The number of imide groups is 1. The summed E-state index contributed by atoms with van der Waals surface area (Å²) in [5.74, 6) is -2.21. The van der Waals surface area contributed by atoms with E-state index in [4.69, 9.17) is 9.47 Å². The van der Waals surface area contributed by atoms with Gasteiger partial charge in [-0.2, -0.15) is 0 Å². The molecule has 0 saturated carbocycles. The van der Waals surface area contributed by atoms with Crippen molar-refractivity contribution in [3.8, 4) is 0 Å². The maximum absolute atomic E-state index is 12.9. The third-order valence-electron chi connectivity index (χ3n) is 4.67. The molecule has 3 heterocycles. The molecule has 0 aliphatic carbocycles. The largest absolute Gasteiger partial charge is 0.462 e. The zero-order valence-corrected chi connectivity index (χ0v) is 12.5. The molecule has 2 saturated heterocycles. The molecule has 2 fully saturated rings. The molecule has 6 heteroatoms. The molecule has 0 aromatic heterocycles. The molecule has 4 rings (SSSR count). The number of hydrogen-bond acceptors (Lipinski definition) is 5. The second kappa shape index (κ2) is 4.76. The van der Waals surface area contributed by atoms with E-state index in [1.807, 2.05) is 6.07 Å². The van der Waals surface area contributed by atoms with Crippen molar-refractivity contribution in [2.45, 2.75) is 18.6 Å². The van der Waals surface area contributed by atoms with Gasteiger partial charge in [0.25, 0.3) is 0 Å². The predicted octanol–water partition coefficient (Wildman–Crippen LogP) is 1.06. The van der Waals surface area contributed by atoms with Crippen LogP contribution < -0.4 is 4.90 Å². The number of fused-ring (bicyclic) bond motifs is 5. The van der Waals surface area contributed by atoms with E-state index in [0.717, 1.165) is 0 Å². The van der Waals surface area contributed by atoms with Crippen LogP contribution in [0.25, 0.3) is 0 Å². The van der Waals surface area contributed by atoms with Crippen LogP contribution in [-0.2, 0) is 23.9 Å². The first-order valence-electron chi connectivity index (χ1n) is 7.47. The van der Waals surface area contributed by atoms with Gasteiger partial charge in [0.15, 0.2) is 0 Å². The summed E-state index contributed by atoms with van der Waals surface area (Å²) in [7, 11) is 0. The van der Waals surface area contributed by atoms with Crippen molar-refractivity contribution in [3.63, 3.8) is 0 Å². The zero-order valence-electron chi connectivity index (χ0n) is 12.5. The minimum atomic E-state index is -1.03. The Morgan fingerprint density at radius 3 is 2.70 bits per heavy atom. The van der Waals surface area contributed by atoms with Gasteiger partial charge in [0.2, 0.25) is 11.8 Å². The fourth-order valence-corrected chi connectivity index (χ4v) is 3.71. The zero-order chi connectivity index (χ0) is 16.2. The molecule has 3 aliphatic rings. The number of para-hydroxylation sites is 1. The minimum absolute atomic E-state index is 0.0574. The number of ether oxygens (including phenoxy) is 2. The smallest absolute Gasteiger partial charge is 0.302 e. The van der Waals surface area contributed by atoms with Gasteiger partial charge in [-0.05, 0) is 18.2 Å². The second-order valence-electron chi connectivity index (χ2n) is 6.03. The maximum Gasteiger partial charge on any atom is 0.302 e. The summed E-state index contributed by atoms with van der Waals surface area (Å²) in [6, 6.07) is 8.84. The Morgan fingerprint density at radius 1 is 1.26 bits per heavy atom. The molecular weight excluding hydrogens is 298 g/mol. The van der Waals surface area contributed by atoms with Crippen molar-refractivity contribution < 1.29 is 23.9 Å². The molecule has 3 aliphatic heterocycles. The van der Waals surface area contributed by atoms with Gasteiger partial charge in [-0.1, -0.05) is 24.3 Å². The van der Waals surface area contributed by atoms with Gasteiger partial charge in [-0.25, -0.2) is 4.90 Å². The summed E-state index contributed by atoms with van der Waals surface area (Å²) in [6.07, 6.45) is 3.09. The van der Waals surface area contributed by atoms with E-state index in [9.17, 15) is 14.4 Å². The Labute approximate surface area is 132 Å². The maximum atomic E-state index is 12.9. The van der Waals surface area contributed by atoms with Crippen LogP contribution in [0.5, 0.6) is 0 Å². The van der Waals surface area contributed by atoms with E-state index in [0.29, 0.717) is 5.69 Å². The first kappa shape index (κ1) is 14.1. The van der Waals surface area contributed by atoms with E-state index in [1.54, 1.807) is 36.4 Å². The summed E-state index contributed by atoms with van der Waals surface area (Å²) >= 11 is 0. The highest BCUT2D eigenvalue weighted by Crippen LogP contribution is 2.52. The van der Waals surface area contributed by atoms with E-state index in [-0.39, 0.29) is 18.4 Å². The van der Waals surface area contributed by atoms with Crippen LogP contribution in [0.15, 0.2) is 42.5 Å². The van der Waals surface area contributed by atoms with Gasteiger partial charge in [-0.15, -0.1) is 0 Å². The number of carbonyl (C=O) groups is 3. The third kappa shape index (κ3) is 1.88. The van der Waals surface area contributed by atoms with E-state index in [1.165, 1.54) is 11.8 Å². The van der Waals surface area contributed by atoms with Gasteiger partial charge in [0.1, 0.15) is 12.2 Å². The summed E-state index contributed by atoms with van der Waals surface area (Å²) < 4.78 is 10.9. The van der Waals surface area contributed by atoms with Crippen LogP contribution in [0, 0.1) is 11.8 Å². The quantitative estimate of drug-likeness (QED) is 0.474. The van der Waals surface area contributed by atoms with Crippen molar-refractivity contribution in [2.75, 3.05) is 11.5 Å². The number of esters is 1. The van der Waals surface area contributed by atoms with Crippen molar-refractivity contribution in [3.05, 3.63) is 42.5 Å². The molecule has 0 unspecified atom stereocenters. The molecule has 0 N–H and O–H groups in total. The van der Waals surface area contributed by atoms with Crippen LogP contribution in [0.1, 0.15) is 6.92 Å². The lowest BCUT2D eigenvalue weighted by atomic mass is 9.77. The molecule has 2 bridgehead atoms. The van der Waals surface area contributed by atoms with E-state index in [2.05, 4.69) is 0 Å². The van der Waals surface area contributed by atoms with E-state index >= 15 is 0 Å². The second-order valence-corrected chi connectivity index (χ2v) is 6.03. The van der Waals surface area contributed by atoms with Crippen LogP contribution in [0.4, 0.5) is 5.69 Å². The average Bonchev–Trinajstić information content (AvgIpc) is 3.17. The summed E-state index contributed by atoms with van der Waals surface area (Å²) in [5, 5.41) is 0. The van der Waals surface area contributed by atoms with Crippen LogP contribution in [0.2, 0.25) is 0 Å². The number of nitrogens with zero attached hydrogens (tertiary/aromatic N) is 1. The SMILES string of the molecule is CC(=O)OC[C@@]12C=C[C@@H](O1)[C@@H]1C(=O)N(c3ccccc3)C(=O)[C@@H]12. The Balaban J connectivity index is 1.70. The normalized spacial score (nSPS) is 34.1. The fraction of sp³-hybridized carbons (Fsp3) is 0.353. The topological polar surface area (TPSA) is 72.9 Å². The molecule has 0 radical (unpaired) electrons. The Hall–Kier alpha value is -2.47. The first-order valence-corrected chi connectivity index (χ1v) is 7.47. The number of carbonyl (C=O) groups excluding carboxylic acids is 3. The highest BCUT2D eigenvalue weighted by molar-refractivity contribution is 6.23. The highest BCUT2D eigenvalue weighted by Gasteiger charge is 2.68. The summed E-state index contributed by atoms with van der Waals surface area (Å²) in [4.78, 5) is 38.0. The summed E-state index contributed by atoms with van der Waals surface area (Å²) in [6.45, 7) is 1.25. The number of hydrogen-bond donors (Lipinski definition) is 0. The lowest BCUT2D eigenvalue weighted by Crippen LogP contribution is -2.44. The van der Waals surface area contributed by atoms with Gasteiger partial charge in [0, 0.05) is 6.92 Å². The predicted molar refractivity (Wildman–Crippen MR) is 79.3 cm³/mol. The molecule has 1 aromatic rings. The number of amides is 2. The Morgan fingerprint density at radius 2 is 2.00 bits per heavy atom. The monoisotopic (exact) mass is 313 g/mol. The fourth-order valence-electron chi connectivity index (χ4n) is 3.71. The molecule has 23 heavy (non-hydrogen) atoms. The number of benzene rings is 1. The number of anilines is 1. The molecular formula is C17H15NO5. The van der Waals surface area contributed by atoms with Gasteiger partial charge in [0.05, 0.1) is 23.6 Å². The van der Waals surface area contributed by atoms with Crippen molar-refractivity contribution in [1.29, 1.82) is 0 Å². The summed E-state index contributed by atoms with van der Waals surface area (Å²) in [5.41, 5.74) is -0.476. The molecule has 6 nitrogen and oxygen atoms in total. The van der Waals surface area contributed by atoms with Gasteiger partial charge >= 0.3 is 5.97 Å². The standard InChI is InChI=1S/C17H15NO5/c1-10(19)22-9-17-8-7-12(23-17)13-14(17)16(21)18(15(13)20)11-5-3-2-4-6-11/h2-8,12-14H,9H2,1H3/t12-,13+,14-,17-/m1/s1. The molecule has 1 aromatic carbocycles. The van der Waals surface area contributed by atoms with Crippen molar-refractivity contribution >= 4 is 23.5 Å². The molecule has 118 valence electrons. The lowest BCUT2D eigenvalue weighted by Gasteiger charge is -2.28. The highest BCUT2D eigenvalue weighted by atomic mass is 16.6.